The van der Waals surface area contributed by atoms with Crippen molar-refractivity contribution in [3.63, 3.8) is 0 Å². The minimum absolute atomic E-state index is 0.123. The van der Waals surface area contributed by atoms with Gasteiger partial charge in [0.05, 0.1) is 6.26 Å². The molecule has 0 spiro atoms. The second-order valence-corrected chi connectivity index (χ2v) is 8.15. The zero-order chi connectivity index (χ0) is 18.2. The van der Waals surface area contributed by atoms with Crippen LogP contribution in [0.1, 0.15) is 31.4 Å². The van der Waals surface area contributed by atoms with Crippen molar-refractivity contribution in [1.29, 1.82) is 0 Å². The molecule has 0 aliphatic carbocycles. The molecule has 1 aromatic rings. The fraction of sp³-hybridized carbons (Fsp3) is 0.588. The number of hydrogen-bond acceptors (Lipinski definition) is 4. The highest BCUT2D eigenvalue weighted by Crippen LogP contribution is 2.22. The van der Waals surface area contributed by atoms with Gasteiger partial charge in [0.25, 0.3) is 0 Å². The molecule has 0 aliphatic rings. The van der Waals surface area contributed by atoms with Crippen LogP contribution < -0.4 is 5.32 Å². The summed E-state index contributed by atoms with van der Waals surface area (Å²) in [6.07, 6.45) is 2.21. The van der Waals surface area contributed by atoms with Gasteiger partial charge in [-0.25, -0.2) is 8.42 Å². The van der Waals surface area contributed by atoms with E-state index in [0.29, 0.717) is 6.54 Å². The highest BCUT2D eigenvalue weighted by molar-refractivity contribution is 7.88. The Labute approximate surface area is 145 Å². The van der Waals surface area contributed by atoms with Crippen molar-refractivity contribution in [2.45, 2.75) is 25.8 Å². The molecule has 1 amide bonds. The summed E-state index contributed by atoms with van der Waals surface area (Å²) in [6, 6.07) is 9.13. The van der Waals surface area contributed by atoms with Crippen molar-refractivity contribution in [3.05, 3.63) is 35.9 Å². The fourth-order valence-corrected chi connectivity index (χ4v) is 3.59. The molecule has 0 fully saturated rings. The van der Waals surface area contributed by atoms with Crippen LogP contribution in [0.2, 0.25) is 0 Å². The van der Waals surface area contributed by atoms with Crippen LogP contribution in [-0.2, 0) is 14.8 Å². The predicted molar refractivity (Wildman–Crippen MR) is 97.2 cm³/mol. The molecule has 0 aromatic heterocycles. The van der Waals surface area contributed by atoms with Gasteiger partial charge in [-0.05, 0) is 39.5 Å². The summed E-state index contributed by atoms with van der Waals surface area (Å²) in [7, 11) is 0.568. The lowest BCUT2D eigenvalue weighted by Gasteiger charge is -2.27. The van der Waals surface area contributed by atoms with E-state index in [1.165, 1.54) is 10.6 Å². The zero-order valence-electron chi connectivity index (χ0n) is 15.0. The van der Waals surface area contributed by atoms with E-state index in [4.69, 9.17) is 0 Å². The maximum Gasteiger partial charge on any atom is 0.221 e. The van der Waals surface area contributed by atoms with Crippen LogP contribution in [0.3, 0.4) is 0 Å². The Balaban J connectivity index is 2.57. The summed E-state index contributed by atoms with van der Waals surface area (Å²) < 4.78 is 25.5. The largest absolute Gasteiger partial charge is 0.356 e. The number of rotatable bonds is 10. The maximum absolute atomic E-state index is 12.1. The molecule has 24 heavy (non-hydrogen) atoms. The highest BCUT2D eigenvalue weighted by atomic mass is 32.2. The number of benzene rings is 1. The lowest BCUT2D eigenvalue weighted by molar-refractivity contribution is -0.121. The first-order valence-electron chi connectivity index (χ1n) is 8.15. The van der Waals surface area contributed by atoms with E-state index in [-0.39, 0.29) is 24.9 Å². The Morgan fingerprint density at radius 3 is 2.33 bits per heavy atom. The summed E-state index contributed by atoms with van der Waals surface area (Å²) in [5.74, 6) is -0.123. The van der Waals surface area contributed by atoms with E-state index in [0.717, 1.165) is 18.5 Å². The van der Waals surface area contributed by atoms with Crippen molar-refractivity contribution >= 4 is 15.9 Å². The highest BCUT2D eigenvalue weighted by Gasteiger charge is 2.24. The van der Waals surface area contributed by atoms with Crippen LogP contribution in [0.15, 0.2) is 30.3 Å². The molecule has 7 heteroatoms. The molecule has 1 N–H and O–H groups in total. The molecular weight excluding hydrogens is 326 g/mol. The lowest BCUT2D eigenvalue weighted by atomic mass is 10.1. The molecule has 0 radical (unpaired) electrons. The van der Waals surface area contributed by atoms with Crippen molar-refractivity contribution < 1.29 is 13.2 Å². The molecule has 0 bridgehead atoms. The van der Waals surface area contributed by atoms with Gasteiger partial charge in [0.1, 0.15) is 0 Å². The van der Waals surface area contributed by atoms with Gasteiger partial charge in [0.15, 0.2) is 0 Å². The molecule has 1 atom stereocenters. The Morgan fingerprint density at radius 2 is 1.79 bits per heavy atom. The van der Waals surface area contributed by atoms with E-state index in [1.807, 2.05) is 51.4 Å². The number of amides is 1. The molecule has 0 saturated carbocycles. The maximum atomic E-state index is 12.1. The van der Waals surface area contributed by atoms with Gasteiger partial charge in [-0.3, -0.25) is 4.79 Å². The van der Waals surface area contributed by atoms with Gasteiger partial charge < -0.3 is 10.2 Å². The average Bonchev–Trinajstić information content (AvgIpc) is 2.51. The van der Waals surface area contributed by atoms with Gasteiger partial charge >= 0.3 is 0 Å². The third-order valence-corrected chi connectivity index (χ3v) is 5.15. The molecule has 1 rings (SSSR count). The van der Waals surface area contributed by atoms with Gasteiger partial charge in [0.2, 0.25) is 15.9 Å². The molecule has 136 valence electrons. The molecule has 6 nitrogen and oxygen atoms in total. The van der Waals surface area contributed by atoms with E-state index in [2.05, 4.69) is 10.2 Å². The van der Waals surface area contributed by atoms with Crippen molar-refractivity contribution in [3.8, 4) is 0 Å². The molecular formula is C17H29N3O3S. The second-order valence-electron chi connectivity index (χ2n) is 6.22. The third-order valence-electron chi connectivity index (χ3n) is 3.80. The summed E-state index contributed by atoms with van der Waals surface area (Å²) in [5, 5.41) is 2.84. The third kappa shape index (κ3) is 7.42. The molecule has 0 aliphatic heterocycles. The minimum atomic E-state index is -3.40. The van der Waals surface area contributed by atoms with E-state index >= 15 is 0 Å². The van der Waals surface area contributed by atoms with Crippen molar-refractivity contribution in [2.24, 2.45) is 0 Å². The fourth-order valence-electron chi connectivity index (χ4n) is 2.47. The average molecular weight is 356 g/mol. The zero-order valence-corrected chi connectivity index (χ0v) is 15.8. The lowest BCUT2D eigenvalue weighted by Crippen LogP contribution is -2.36. The van der Waals surface area contributed by atoms with Gasteiger partial charge in [-0.2, -0.15) is 4.31 Å². The second kappa shape index (κ2) is 9.76. The van der Waals surface area contributed by atoms with Crippen molar-refractivity contribution in [1.82, 2.24) is 14.5 Å². The standard InChI is InChI=1S/C17H29N3O3S/c1-15(16-9-6-5-7-10-16)20(24(4,22)23)14-11-17(21)18-12-8-13-19(2)3/h5-7,9-10,15H,8,11-14H2,1-4H3,(H,18,21). The first-order valence-corrected chi connectivity index (χ1v) is 10.00. The van der Waals surface area contributed by atoms with Crippen LogP contribution in [0.25, 0.3) is 0 Å². The van der Waals surface area contributed by atoms with Gasteiger partial charge in [-0.1, -0.05) is 30.3 Å². The Morgan fingerprint density at radius 1 is 1.17 bits per heavy atom. The first kappa shape index (κ1) is 20.6. The predicted octanol–water partition coefficient (Wildman–Crippen LogP) is 1.47. The number of carbonyl (C=O) groups is 1. The number of nitrogens with one attached hydrogen (secondary N) is 1. The molecule has 0 saturated heterocycles. The van der Waals surface area contributed by atoms with Crippen LogP contribution in [0.5, 0.6) is 0 Å². The Kier molecular flexibility index (Phi) is 8.38. The number of carbonyl (C=O) groups excluding carboxylic acids is 1. The summed E-state index contributed by atoms with van der Waals surface area (Å²) in [5.41, 5.74) is 0.911. The van der Waals surface area contributed by atoms with E-state index in [9.17, 15) is 13.2 Å². The van der Waals surface area contributed by atoms with Crippen molar-refractivity contribution in [2.75, 3.05) is 40.0 Å². The monoisotopic (exact) mass is 355 g/mol. The Bertz CT molecular complexity index is 603. The van der Waals surface area contributed by atoms with Crippen LogP contribution >= 0.6 is 0 Å². The number of nitrogens with zero attached hydrogens (tertiary/aromatic N) is 2. The van der Waals surface area contributed by atoms with Gasteiger partial charge in [0, 0.05) is 25.6 Å². The van der Waals surface area contributed by atoms with Crippen LogP contribution in [-0.4, -0.2) is 63.5 Å². The van der Waals surface area contributed by atoms with E-state index in [1.54, 1.807) is 0 Å². The van der Waals surface area contributed by atoms with Gasteiger partial charge in [-0.15, -0.1) is 0 Å². The molecule has 1 unspecified atom stereocenters. The van der Waals surface area contributed by atoms with Crippen LogP contribution in [0, 0.1) is 0 Å². The topological polar surface area (TPSA) is 69.7 Å². The normalized spacial score (nSPS) is 13.2. The van der Waals surface area contributed by atoms with Crippen LogP contribution in [0.4, 0.5) is 0 Å². The number of hydrogen-bond donors (Lipinski definition) is 1. The minimum Gasteiger partial charge on any atom is -0.356 e. The van der Waals surface area contributed by atoms with E-state index < -0.39 is 10.0 Å². The quantitative estimate of drug-likeness (QED) is 0.645. The molecule has 1 aromatic carbocycles. The number of sulfonamides is 1. The summed E-state index contributed by atoms with van der Waals surface area (Å²) >= 11 is 0. The Hall–Kier alpha value is -1.44. The summed E-state index contributed by atoms with van der Waals surface area (Å²) in [4.78, 5) is 14.0. The molecule has 0 heterocycles. The SMILES string of the molecule is CC(c1ccccc1)N(CCC(=O)NCCCN(C)C)S(C)(=O)=O. The first-order chi connectivity index (χ1) is 11.2. The summed E-state index contributed by atoms with van der Waals surface area (Å²) in [6.45, 7) is 3.52. The smallest absolute Gasteiger partial charge is 0.221 e.